The van der Waals surface area contributed by atoms with Crippen molar-refractivity contribution in [2.75, 3.05) is 13.1 Å². The molecule has 1 heterocycles. The fourth-order valence-electron chi connectivity index (χ4n) is 1.62. The molecule has 0 spiro atoms. The number of nitrogens with two attached hydrogens (primary N) is 1. The number of piperidine rings is 1. The van der Waals surface area contributed by atoms with Crippen LogP contribution >= 0.6 is 0 Å². The molecule has 1 saturated heterocycles. The number of nitrogens with one attached hydrogen (secondary N) is 1. The third kappa shape index (κ3) is 2.11. The lowest BCUT2D eigenvalue weighted by Crippen LogP contribution is -2.43. The van der Waals surface area contributed by atoms with E-state index in [0.29, 0.717) is 5.92 Å². The molecule has 0 amide bonds. The molecule has 70 valence electrons. The Morgan fingerprint density at radius 3 is 2.42 bits per heavy atom. The van der Waals surface area contributed by atoms with Crippen molar-refractivity contribution in [3.05, 3.63) is 0 Å². The molecule has 12 heavy (non-hydrogen) atoms. The Kier molecular flexibility index (Phi) is 2.92. The van der Waals surface area contributed by atoms with Crippen LogP contribution in [0.1, 0.15) is 19.8 Å². The number of rotatable bonds is 1. The molecule has 0 aromatic rings. The third-order valence-electron chi connectivity index (χ3n) is 2.56. The van der Waals surface area contributed by atoms with Crippen molar-refractivity contribution in [1.29, 1.82) is 5.41 Å². The van der Waals surface area contributed by atoms with Gasteiger partial charge in [0.15, 0.2) is 5.96 Å². The molecule has 0 aliphatic carbocycles. The van der Waals surface area contributed by atoms with E-state index in [4.69, 9.17) is 11.1 Å². The minimum absolute atomic E-state index is 0.152. The van der Waals surface area contributed by atoms with Crippen LogP contribution in [0.2, 0.25) is 0 Å². The van der Waals surface area contributed by atoms with Crippen LogP contribution in [-0.4, -0.2) is 35.2 Å². The number of guanidine groups is 1. The van der Waals surface area contributed by atoms with Gasteiger partial charge in [-0.05, 0) is 25.7 Å². The first-order chi connectivity index (χ1) is 5.61. The molecule has 1 rings (SSSR count). The Labute approximate surface area is 72.9 Å². The summed E-state index contributed by atoms with van der Waals surface area (Å²) in [5.41, 5.74) is 5.34. The van der Waals surface area contributed by atoms with E-state index in [1.165, 1.54) is 0 Å². The van der Waals surface area contributed by atoms with Crippen LogP contribution in [-0.2, 0) is 0 Å². The first-order valence-corrected chi connectivity index (χ1v) is 4.38. The van der Waals surface area contributed by atoms with Gasteiger partial charge in [-0.15, -0.1) is 0 Å². The molecule has 1 aliphatic rings. The Balaban J connectivity index is 2.34. The normalized spacial score (nSPS) is 22.3. The lowest BCUT2D eigenvalue weighted by molar-refractivity contribution is 0.0885. The molecule has 1 fully saturated rings. The largest absolute Gasteiger partial charge is 0.393 e. The molecule has 0 aromatic carbocycles. The predicted molar refractivity (Wildman–Crippen MR) is 47.9 cm³/mol. The van der Waals surface area contributed by atoms with Gasteiger partial charge in [0.2, 0.25) is 0 Å². The van der Waals surface area contributed by atoms with Gasteiger partial charge in [0.05, 0.1) is 6.10 Å². The lowest BCUT2D eigenvalue weighted by Gasteiger charge is -2.33. The van der Waals surface area contributed by atoms with Crippen molar-refractivity contribution >= 4 is 5.96 Å². The van der Waals surface area contributed by atoms with Crippen LogP contribution < -0.4 is 5.73 Å². The summed E-state index contributed by atoms with van der Waals surface area (Å²) < 4.78 is 0. The van der Waals surface area contributed by atoms with Gasteiger partial charge in [-0.1, -0.05) is 0 Å². The SMILES string of the molecule is CC(O)C1CCN(C(=N)N)CC1. The molecule has 0 radical (unpaired) electrons. The van der Waals surface area contributed by atoms with Crippen LogP contribution in [0.15, 0.2) is 0 Å². The number of hydrogen-bond donors (Lipinski definition) is 3. The maximum atomic E-state index is 9.30. The van der Waals surface area contributed by atoms with Gasteiger partial charge in [-0.2, -0.15) is 0 Å². The molecule has 1 atom stereocenters. The number of nitrogens with zero attached hydrogens (tertiary/aromatic N) is 1. The Bertz CT molecular complexity index is 162. The summed E-state index contributed by atoms with van der Waals surface area (Å²) in [4.78, 5) is 1.85. The van der Waals surface area contributed by atoms with E-state index < -0.39 is 0 Å². The summed E-state index contributed by atoms with van der Waals surface area (Å²) >= 11 is 0. The maximum Gasteiger partial charge on any atom is 0.188 e. The van der Waals surface area contributed by atoms with Crippen LogP contribution in [0.25, 0.3) is 0 Å². The van der Waals surface area contributed by atoms with Crippen LogP contribution in [0, 0.1) is 11.3 Å². The monoisotopic (exact) mass is 171 g/mol. The van der Waals surface area contributed by atoms with E-state index in [1.54, 1.807) is 0 Å². The van der Waals surface area contributed by atoms with E-state index in [1.807, 2.05) is 11.8 Å². The average molecular weight is 171 g/mol. The molecule has 4 N–H and O–H groups in total. The quantitative estimate of drug-likeness (QED) is 0.383. The van der Waals surface area contributed by atoms with Gasteiger partial charge in [0.25, 0.3) is 0 Å². The molecule has 4 nitrogen and oxygen atoms in total. The second-order valence-electron chi connectivity index (χ2n) is 3.45. The van der Waals surface area contributed by atoms with Crippen LogP contribution in [0.5, 0.6) is 0 Å². The van der Waals surface area contributed by atoms with Crippen molar-refractivity contribution in [2.24, 2.45) is 11.7 Å². The zero-order valence-electron chi connectivity index (χ0n) is 7.45. The molecule has 4 heteroatoms. The second-order valence-corrected chi connectivity index (χ2v) is 3.45. The van der Waals surface area contributed by atoms with Crippen LogP contribution in [0.3, 0.4) is 0 Å². The zero-order chi connectivity index (χ0) is 9.14. The zero-order valence-corrected chi connectivity index (χ0v) is 7.45. The third-order valence-corrected chi connectivity index (χ3v) is 2.56. The first-order valence-electron chi connectivity index (χ1n) is 4.38. The Hall–Kier alpha value is -0.770. The standard InChI is InChI=1S/C8H17N3O/c1-6(12)7-2-4-11(5-3-7)8(9)10/h6-7,12H,2-5H2,1H3,(H3,9,10). The van der Waals surface area contributed by atoms with Gasteiger partial charge in [-0.3, -0.25) is 5.41 Å². The number of likely N-dealkylation sites (tertiary alicyclic amines) is 1. The highest BCUT2D eigenvalue weighted by Gasteiger charge is 2.22. The minimum Gasteiger partial charge on any atom is -0.393 e. The van der Waals surface area contributed by atoms with Crippen LogP contribution in [0.4, 0.5) is 0 Å². The summed E-state index contributed by atoms with van der Waals surface area (Å²) in [7, 11) is 0. The highest BCUT2D eigenvalue weighted by Crippen LogP contribution is 2.19. The summed E-state index contributed by atoms with van der Waals surface area (Å²) in [5.74, 6) is 0.541. The molecular formula is C8H17N3O. The topological polar surface area (TPSA) is 73.3 Å². The number of aliphatic hydroxyl groups excluding tert-OH is 1. The summed E-state index contributed by atoms with van der Waals surface area (Å²) in [5, 5.41) is 16.5. The molecule has 0 aromatic heterocycles. The molecule has 0 saturated carbocycles. The van der Waals surface area contributed by atoms with Crippen molar-refractivity contribution in [3.8, 4) is 0 Å². The van der Waals surface area contributed by atoms with Gasteiger partial charge >= 0.3 is 0 Å². The van der Waals surface area contributed by atoms with Crippen molar-refractivity contribution < 1.29 is 5.11 Å². The van der Waals surface area contributed by atoms with Gasteiger partial charge < -0.3 is 15.7 Å². The summed E-state index contributed by atoms with van der Waals surface area (Å²) in [6.07, 6.45) is 1.66. The molecule has 1 aliphatic heterocycles. The van der Waals surface area contributed by atoms with Crippen molar-refractivity contribution in [1.82, 2.24) is 4.90 Å². The fourth-order valence-corrected chi connectivity index (χ4v) is 1.62. The van der Waals surface area contributed by atoms with E-state index in [2.05, 4.69) is 0 Å². The summed E-state index contributed by atoms with van der Waals surface area (Å²) in [6.45, 7) is 3.45. The second kappa shape index (κ2) is 3.76. The number of aliphatic hydroxyl groups is 1. The number of hydrogen-bond acceptors (Lipinski definition) is 2. The van der Waals surface area contributed by atoms with Gasteiger partial charge in [0, 0.05) is 13.1 Å². The maximum absolute atomic E-state index is 9.30. The first kappa shape index (κ1) is 9.32. The molecule has 0 bridgehead atoms. The highest BCUT2D eigenvalue weighted by molar-refractivity contribution is 5.74. The van der Waals surface area contributed by atoms with Crippen molar-refractivity contribution in [3.63, 3.8) is 0 Å². The molecular weight excluding hydrogens is 154 g/mol. The van der Waals surface area contributed by atoms with E-state index in [0.717, 1.165) is 25.9 Å². The lowest BCUT2D eigenvalue weighted by atomic mass is 9.92. The van der Waals surface area contributed by atoms with E-state index in [9.17, 15) is 5.11 Å². The predicted octanol–water partition coefficient (Wildman–Crippen LogP) is -0.0273. The fraction of sp³-hybridized carbons (Fsp3) is 0.875. The summed E-state index contributed by atoms with van der Waals surface area (Å²) in [6, 6.07) is 0. The molecule has 1 unspecified atom stereocenters. The van der Waals surface area contributed by atoms with E-state index >= 15 is 0 Å². The smallest absolute Gasteiger partial charge is 0.188 e. The average Bonchev–Trinajstić information content (AvgIpc) is 2.04. The van der Waals surface area contributed by atoms with Crippen molar-refractivity contribution in [2.45, 2.75) is 25.9 Å². The van der Waals surface area contributed by atoms with Gasteiger partial charge in [0.1, 0.15) is 0 Å². The highest BCUT2D eigenvalue weighted by atomic mass is 16.3. The Morgan fingerprint density at radius 1 is 1.58 bits per heavy atom. The minimum atomic E-state index is -0.223. The Morgan fingerprint density at radius 2 is 2.08 bits per heavy atom. The van der Waals surface area contributed by atoms with Gasteiger partial charge in [-0.25, -0.2) is 0 Å². The van der Waals surface area contributed by atoms with E-state index in [-0.39, 0.29) is 12.1 Å².